The Bertz CT molecular complexity index is 1260. The van der Waals surface area contributed by atoms with E-state index in [1.54, 1.807) is 6.07 Å². The van der Waals surface area contributed by atoms with Gasteiger partial charge in [0.25, 0.3) is 0 Å². The van der Waals surface area contributed by atoms with Crippen molar-refractivity contribution in [3.63, 3.8) is 0 Å². The van der Waals surface area contributed by atoms with E-state index in [0.717, 1.165) is 5.57 Å². The molecule has 0 spiro atoms. The lowest BCUT2D eigenvalue weighted by molar-refractivity contribution is 0.185. The van der Waals surface area contributed by atoms with Crippen molar-refractivity contribution in [3.8, 4) is 23.0 Å². The van der Waals surface area contributed by atoms with E-state index >= 15 is 0 Å². The summed E-state index contributed by atoms with van der Waals surface area (Å²) in [6, 6.07) is 2.93. The van der Waals surface area contributed by atoms with Crippen molar-refractivity contribution >= 4 is 21.9 Å². The second-order valence-corrected chi connectivity index (χ2v) is 8.48. The van der Waals surface area contributed by atoms with Gasteiger partial charge in [-0.2, -0.15) is 0 Å². The Kier molecular flexibility index (Phi) is 4.08. The molecule has 0 amide bonds. The van der Waals surface area contributed by atoms with E-state index in [1.165, 1.54) is 6.07 Å². The van der Waals surface area contributed by atoms with Gasteiger partial charge in [0.1, 0.15) is 28.6 Å². The Labute approximate surface area is 167 Å². The van der Waals surface area contributed by atoms with Gasteiger partial charge in [-0.3, -0.25) is 4.79 Å². The van der Waals surface area contributed by atoms with Gasteiger partial charge in [-0.25, -0.2) is 0 Å². The van der Waals surface area contributed by atoms with E-state index < -0.39 is 16.6 Å². The second kappa shape index (κ2) is 6.17. The molecule has 29 heavy (non-hydrogen) atoms. The number of hydrogen-bond acceptors (Lipinski definition) is 6. The van der Waals surface area contributed by atoms with E-state index in [0.29, 0.717) is 23.3 Å². The van der Waals surface area contributed by atoms with Crippen LogP contribution in [0.5, 0.6) is 23.0 Å². The number of rotatable bonds is 2. The number of fused-ring (bicyclic) bond motifs is 3. The summed E-state index contributed by atoms with van der Waals surface area (Å²) in [5, 5.41) is 31.7. The number of aromatic hydroxyl groups is 3. The first-order valence-corrected chi connectivity index (χ1v) is 9.54. The van der Waals surface area contributed by atoms with Crippen LogP contribution in [0.25, 0.3) is 21.9 Å². The summed E-state index contributed by atoms with van der Waals surface area (Å²) >= 11 is 0. The third-order valence-corrected chi connectivity index (χ3v) is 5.91. The fourth-order valence-electron chi connectivity index (χ4n) is 3.92. The van der Waals surface area contributed by atoms with E-state index in [4.69, 9.17) is 9.15 Å². The SMILES string of the molecule is CC(C)=CCc1cc(O)c(O)c2oc3cc4c(c(O)c3c(=O)c12)C(C)(C)[C@@H](C)O4. The second-order valence-electron chi connectivity index (χ2n) is 8.48. The van der Waals surface area contributed by atoms with E-state index in [-0.39, 0.29) is 39.5 Å². The maximum Gasteiger partial charge on any atom is 0.204 e. The highest BCUT2D eigenvalue weighted by Gasteiger charge is 2.42. The first kappa shape index (κ1) is 19.2. The first-order chi connectivity index (χ1) is 13.5. The molecule has 1 aliphatic rings. The molecule has 2 aromatic carbocycles. The van der Waals surface area contributed by atoms with E-state index in [1.807, 2.05) is 40.7 Å². The summed E-state index contributed by atoms with van der Waals surface area (Å²) in [5.41, 5.74) is 1.17. The minimum absolute atomic E-state index is 0.0468. The lowest BCUT2D eigenvalue weighted by Gasteiger charge is -2.22. The van der Waals surface area contributed by atoms with Crippen molar-refractivity contribution in [2.45, 2.75) is 52.6 Å². The lowest BCUT2D eigenvalue weighted by Crippen LogP contribution is -2.29. The van der Waals surface area contributed by atoms with Crippen molar-refractivity contribution in [1.82, 2.24) is 0 Å². The Morgan fingerprint density at radius 2 is 1.83 bits per heavy atom. The van der Waals surface area contributed by atoms with Gasteiger partial charge in [0.05, 0.1) is 5.39 Å². The van der Waals surface area contributed by atoms with E-state index in [2.05, 4.69) is 0 Å². The minimum atomic E-state index is -0.505. The van der Waals surface area contributed by atoms with Gasteiger partial charge in [0.2, 0.25) is 11.2 Å². The summed E-state index contributed by atoms with van der Waals surface area (Å²) in [7, 11) is 0. The maximum absolute atomic E-state index is 13.5. The molecule has 6 heteroatoms. The van der Waals surface area contributed by atoms with Crippen LogP contribution < -0.4 is 10.2 Å². The number of phenolic OH excluding ortho intramolecular Hbond substituents is 3. The highest BCUT2D eigenvalue weighted by Crippen LogP contribution is 2.50. The highest BCUT2D eigenvalue weighted by molar-refractivity contribution is 5.99. The normalized spacial score (nSPS) is 17.3. The van der Waals surface area contributed by atoms with Crippen molar-refractivity contribution in [2.75, 3.05) is 0 Å². The zero-order valence-corrected chi connectivity index (χ0v) is 17.1. The number of phenols is 3. The van der Waals surface area contributed by atoms with Crippen LogP contribution in [-0.4, -0.2) is 21.4 Å². The Balaban J connectivity index is 2.16. The smallest absolute Gasteiger partial charge is 0.204 e. The predicted molar refractivity (Wildman–Crippen MR) is 111 cm³/mol. The van der Waals surface area contributed by atoms with E-state index in [9.17, 15) is 20.1 Å². The summed E-state index contributed by atoms with van der Waals surface area (Å²) in [6.45, 7) is 9.65. The first-order valence-electron chi connectivity index (χ1n) is 9.54. The maximum atomic E-state index is 13.5. The molecule has 3 N–H and O–H groups in total. The molecule has 0 fully saturated rings. The molecule has 1 atom stereocenters. The van der Waals surface area contributed by atoms with Gasteiger partial charge >= 0.3 is 0 Å². The Morgan fingerprint density at radius 1 is 1.14 bits per heavy atom. The Morgan fingerprint density at radius 3 is 2.48 bits per heavy atom. The van der Waals surface area contributed by atoms with Gasteiger partial charge in [-0.05, 0) is 38.8 Å². The molecule has 0 radical (unpaired) electrons. The van der Waals surface area contributed by atoms with Crippen LogP contribution in [0, 0.1) is 0 Å². The highest BCUT2D eigenvalue weighted by atomic mass is 16.5. The average Bonchev–Trinajstić information content (AvgIpc) is 2.85. The van der Waals surface area contributed by atoms with Crippen molar-refractivity contribution in [3.05, 3.63) is 45.1 Å². The van der Waals surface area contributed by atoms with Gasteiger partial charge in [-0.1, -0.05) is 25.5 Å². The van der Waals surface area contributed by atoms with Gasteiger partial charge in [0.15, 0.2) is 11.3 Å². The molecule has 0 bridgehead atoms. The van der Waals surface area contributed by atoms with Gasteiger partial charge in [0, 0.05) is 17.0 Å². The molecule has 0 saturated carbocycles. The van der Waals surface area contributed by atoms with Crippen molar-refractivity contribution in [2.24, 2.45) is 0 Å². The molecule has 0 aliphatic carbocycles. The molecule has 0 unspecified atom stereocenters. The largest absolute Gasteiger partial charge is 0.507 e. The van der Waals surface area contributed by atoms with Crippen molar-refractivity contribution in [1.29, 1.82) is 0 Å². The molecule has 152 valence electrons. The molecule has 1 aliphatic heterocycles. The van der Waals surface area contributed by atoms with Crippen LogP contribution in [0.1, 0.15) is 45.7 Å². The fourth-order valence-corrected chi connectivity index (χ4v) is 3.92. The zero-order chi connectivity index (χ0) is 21.2. The summed E-state index contributed by atoms with van der Waals surface area (Å²) in [6.07, 6.45) is 2.09. The number of ether oxygens (including phenoxy) is 1. The third-order valence-electron chi connectivity index (χ3n) is 5.91. The minimum Gasteiger partial charge on any atom is -0.507 e. The number of benzene rings is 2. The summed E-state index contributed by atoms with van der Waals surface area (Å²) in [4.78, 5) is 13.5. The summed E-state index contributed by atoms with van der Waals surface area (Å²) < 4.78 is 11.7. The third kappa shape index (κ3) is 2.66. The molecule has 1 aromatic heterocycles. The average molecular weight is 396 g/mol. The van der Waals surface area contributed by atoms with Crippen LogP contribution in [0.4, 0.5) is 0 Å². The number of hydrogen-bond donors (Lipinski definition) is 3. The molecule has 3 aromatic rings. The predicted octanol–water partition coefficient (Wildman–Crippen LogP) is 4.63. The van der Waals surface area contributed by atoms with Gasteiger partial charge < -0.3 is 24.5 Å². The van der Waals surface area contributed by atoms with Crippen LogP contribution in [0.2, 0.25) is 0 Å². The molecular weight excluding hydrogens is 372 g/mol. The van der Waals surface area contributed by atoms with Crippen molar-refractivity contribution < 1.29 is 24.5 Å². The Hall–Kier alpha value is -3.15. The number of allylic oxidation sites excluding steroid dienone is 2. The molecule has 6 nitrogen and oxygen atoms in total. The quantitative estimate of drug-likeness (QED) is 0.332. The molecular formula is C23H24O6. The standard InChI is InChI=1S/C23H24O6/c1-10(2)6-7-12-8-13(24)19(25)22-16(12)20(26)17-14(29-22)9-15-18(21(17)27)23(4,5)11(3)28-15/h6,8-9,11,24-25,27H,7H2,1-5H3/t11-/m1/s1. The molecule has 2 heterocycles. The molecule has 0 saturated heterocycles. The fraction of sp³-hybridized carbons (Fsp3) is 0.348. The van der Waals surface area contributed by atoms with Crippen LogP contribution >= 0.6 is 0 Å². The monoisotopic (exact) mass is 396 g/mol. The lowest BCUT2D eigenvalue weighted by atomic mass is 9.80. The van der Waals surface area contributed by atoms with Gasteiger partial charge in [-0.15, -0.1) is 0 Å². The zero-order valence-electron chi connectivity index (χ0n) is 17.1. The topological polar surface area (TPSA) is 100 Å². The van der Waals surface area contributed by atoms with Crippen LogP contribution in [0.3, 0.4) is 0 Å². The van der Waals surface area contributed by atoms with Crippen LogP contribution in [0.15, 0.2) is 33.0 Å². The molecule has 4 rings (SSSR count). The van der Waals surface area contributed by atoms with Crippen LogP contribution in [-0.2, 0) is 11.8 Å². The summed E-state index contributed by atoms with van der Waals surface area (Å²) in [5.74, 6) is -0.592.